The Bertz CT molecular complexity index is 885. The van der Waals surface area contributed by atoms with Crippen LogP contribution in [0.25, 0.3) is 11.3 Å². The summed E-state index contributed by atoms with van der Waals surface area (Å²) in [5.41, 5.74) is 0.972. The molecule has 2 heterocycles. The van der Waals surface area contributed by atoms with Crippen LogP contribution in [0.1, 0.15) is 55.4 Å². The van der Waals surface area contributed by atoms with Crippen LogP contribution in [0.5, 0.6) is 0 Å². The maximum Gasteiger partial charge on any atom is 0.341 e. The summed E-state index contributed by atoms with van der Waals surface area (Å²) in [6, 6.07) is 0.258. The summed E-state index contributed by atoms with van der Waals surface area (Å²) in [6.45, 7) is 2.25. The number of pyridine rings is 1. The third-order valence-electron chi connectivity index (χ3n) is 7.44. The van der Waals surface area contributed by atoms with Crippen LogP contribution in [0.4, 0.5) is 0 Å². The first-order valence-corrected chi connectivity index (χ1v) is 9.75. The van der Waals surface area contributed by atoms with E-state index < -0.39 is 5.97 Å². The Morgan fingerprint density at radius 2 is 2.04 bits per heavy atom. The molecule has 0 saturated heterocycles. The summed E-state index contributed by atoms with van der Waals surface area (Å²) in [6.07, 6.45) is 10.5. The number of nitrogens with zero attached hydrogens (tertiary/aromatic N) is 2. The normalized spacial score (nSPS) is 33.5. The first kappa shape index (κ1) is 16.1. The van der Waals surface area contributed by atoms with E-state index in [1.54, 1.807) is 0 Å². The van der Waals surface area contributed by atoms with Crippen molar-refractivity contribution < 1.29 is 9.53 Å². The average molecular weight is 355 g/mol. The second kappa shape index (κ2) is 5.69. The highest BCUT2D eigenvalue weighted by Crippen LogP contribution is 2.60. The molecule has 3 bridgehead atoms. The first-order valence-electron chi connectivity index (χ1n) is 9.75. The van der Waals surface area contributed by atoms with E-state index in [9.17, 15) is 9.59 Å². The Kier molecular flexibility index (Phi) is 3.52. The number of aromatic amines is 1. The number of nitrogens with one attached hydrogen (secondary N) is 1. The van der Waals surface area contributed by atoms with E-state index in [1.165, 1.54) is 39.2 Å². The maximum absolute atomic E-state index is 12.3. The first-order chi connectivity index (χ1) is 12.6. The zero-order valence-electron chi connectivity index (χ0n) is 15.3. The Labute approximate surface area is 152 Å². The smallest absolute Gasteiger partial charge is 0.341 e. The second-order valence-electron chi connectivity index (χ2n) is 8.58. The molecule has 3 aliphatic carbocycles. The van der Waals surface area contributed by atoms with Crippen LogP contribution in [0.2, 0.25) is 0 Å². The zero-order chi connectivity index (χ0) is 18.0. The fourth-order valence-corrected chi connectivity index (χ4v) is 6.45. The molecule has 0 radical (unpaired) electrons. The number of fused-ring (bicyclic) bond motifs is 3. The van der Waals surface area contributed by atoms with Crippen molar-refractivity contribution in [2.24, 2.45) is 29.6 Å². The third kappa shape index (κ3) is 2.20. The van der Waals surface area contributed by atoms with Crippen molar-refractivity contribution in [3.05, 3.63) is 28.3 Å². The van der Waals surface area contributed by atoms with Crippen LogP contribution in [0.15, 0.2) is 17.2 Å². The van der Waals surface area contributed by atoms with E-state index in [2.05, 4.69) is 21.7 Å². The van der Waals surface area contributed by atoms with Crippen LogP contribution in [-0.2, 0) is 4.74 Å². The second-order valence-corrected chi connectivity index (χ2v) is 8.58. The number of aromatic nitrogens is 3. The Morgan fingerprint density at radius 1 is 1.27 bits per heavy atom. The van der Waals surface area contributed by atoms with Crippen molar-refractivity contribution in [2.45, 2.75) is 45.1 Å². The van der Waals surface area contributed by atoms with Crippen molar-refractivity contribution >= 4 is 5.97 Å². The van der Waals surface area contributed by atoms with Crippen molar-refractivity contribution in [1.82, 2.24) is 14.8 Å². The van der Waals surface area contributed by atoms with E-state index in [1.807, 2.05) is 12.4 Å². The van der Waals surface area contributed by atoms with Gasteiger partial charge in [0.2, 0.25) is 0 Å². The summed E-state index contributed by atoms with van der Waals surface area (Å²) in [7, 11) is 1.36. The summed E-state index contributed by atoms with van der Waals surface area (Å²) in [4.78, 5) is 24.4. The van der Waals surface area contributed by atoms with Crippen LogP contribution >= 0.6 is 0 Å². The highest BCUT2D eigenvalue weighted by Gasteiger charge is 2.51. The minimum atomic E-state index is -0.450. The summed E-state index contributed by atoms with van der Waals surface area (Å²) in [5.74, 6) is 3.55. The Morgan fingerprint density at radius 3 is 2.85 bits per heavy atom. The largest absolute Gasteiger partial charge is 0.465 e. The van der Waals surface area contributed by atoms with Crippen LogP contribution in [-0.4, -0.2) is 27.8 Å². The number of H-pyrrole nitrogens is 1. The number of hydrogen-bond donors (Lipinski definition) is 1. The minimum Gasteiger partial charge on any atom is -0.465 e. The van der Waals surface area contributed by atoms with Gasteiger partial charge in [0, 0.05) is 18.4 Å². The van der Waals surface area contributed by atoms with E-state index in [0.717, 1.165) is 23.7 Å². The molecule has 26 heavy (non-hydrogen) atoms. The van der Waals surface area contributed by atoms with Gasteiger partial charge < -0.3 is 9.30 Å². The number of rotatable bonds is 3. The molecule has 138 valence electrons. The number of carbonyl (C=O) groups excluding carboxylic acids is 1. The van der Waals surface area contributed by atoms with Gasteiger partial charge in [0.1, 0.15) is 11.3 Å². The molecule has 5 aliphatic rings. The number of carbonyl (C=O) groups is 1. The van der Waals surface area contributed by atoms with Crippen molar-refractivity contribution in [1.29, 1.82) is 0 Å². The molecule has 3 saturated carbocycles. The molecular weight excluding hydrogens is 330 g/mol. The third-order valence-corrected chi connectivity index (χ3v) is 7.44. The molecule has 6 atom stereocenters. The predicted octanol–water partition coefficient (Wildman–Crippen LogP) is 3.10. The van der Waals surface area contributed by atoms with Gasteiger partial charge in [-0.1, -0.05) is 0 Å². The lowest BCUT2D eigenvalue weighted by Crippen LogP contribution is -2.39. The molecule has 1 N–H and O–H groups in total. The molecule has 0 unspecified atom stereocenters. The molecule has 5 rings (SSSR count). The van der Waals surface area contributed by atoms with Crippen LogP contribution in [0, 0.1) is 29.6 Å². The van der Waals surface area contributed by atoms with Gasteiger partial charge in [-0.25, -0.2) is 9.89 Å². The number of ether oxygens (including phenoxy) is 1. The van der Waals surface area contributed by atoms with Crippen molar-refractivity contribution in [3.63, 3.8) is 0 Å². The molecule has 0 aromatic heterocycles. The minimum absolute atomic E-state index is 0.252. The lowest BCUT2D eigenvalue weighted by molar-refractivity contribution is 0.0449. The standard InChI is InChI=1S/C20H25N3O3/c1-10(17-13-4-3-12-5-11(6-13)7-14(12)17)23-8-15-18(21-22-19(15)24)16(9-23)20(25)26-2/h8-14,17H,3-7H2,1-2H3,(H,22,24)/t10-,11+,12-,13+,14-,17+/m1/s1. The predicted molar refractivity (Wildman–Crippen MR) is 96.1 cm³/mol. The summed E-state index contributed by atoms with van der Waals surface area (Å²) < 4.78 is 7.00. The molecule has 6 heteroatoms. The van der Waals surface area contributed by atoms with Gasteiger partial charge in [-0.2, -0.15) is 5.10 Å². The van der Waals surface area contributed by atoms with Crippen molar-refractivity contribution in [3.8, 4) is 11.3 Å². The van der Waals surface area contributed by atoms with Gasteiger partial charge in [0.15, 0.2) is 0 Å². The zero-order valence-corrected chi connectivity index (χ0v) is 15.3. The Balaban J connectivity index is 1.58. The molecule has 0 amide bonds. The molecule has 0 spiro atoms. The highest BCUT2D eigenvalue weighted by molar-refractivity contribution is 5.95. The van der Waals surface area contributed by atoms with Gasteiger partial charge in [-0.3, -0.25) is 4.79 Å². The SMILES string of the molecule is COC(=O)c1cn([C@H](C)[C@H]2[C@H]3CC[C@@H]4C[C@@H](C3)C[C@H]42)cc2c(=O)[nH]nc1-2. The van der Waals surface area contributed by atoms with Crippen molar-refractivity contribution in [2.75, 3.05) is 7.11 Å². The molecule has 3 fully saturated rings. The van der Waals surface area contributed by atoms with Crippen LogP contribution < -0.4 is 5.56 Å². The quantitative estimate of drug-likeness (QED) is 0.858. The molecular formula is C20H25N3O3. The molecule has 2 aliphatic heterocycles. The van der Waals surface area contributed by atoms with E-state index >= 15 is 0 Å². The van der Waals surface area contributed by atoms with E-state index in [-0.39, 0.29) is 11.6 Å². The summed E-state index contributed by atoms with van der Waals surface area (Å²) >= 11 is 0. The van der Waals surface area contributed by atoms with Crippen LogP contribution in [0.3, 0.4) is 0 Å². The molecule has 6 nitrogen and oxygen atoms in total. The van der Waals surface area contributed by atoms with Gasteiger partial charge >= 0.3 is 5.97 Å². The molecule has 0 aromatic carbocycles. The monoisotopic (exact) mass is 355 g/mol. The Hall–Kier alpha value is -2.11. The average Bonchev–Trinajstić information content (AvgIpc) is 3.12. The lowest BCUT2D eigenvalue weighted by Gasteiger charge is -2.46. The fraction of sp³-hybridized carbons (Fsp3) is 0.650. The van der Waals surface area contributed by atoms with E-state index in [0.29, 0.717) is 22.7 Å². The van der Waals surface area contributed by atoms with Gasteiger partial charge in [-0.15, -0.1) is 0 Å². The van der Waals surface area contributed by atoms with Gasteiger partial charge in [-0.05, 0) is 68.6 Å². The van der Waals surface area contributed by atoms with Gasteiger partial charge in [0.25, 0.3) is 5.56 Å². The topological polar surface area (TPSA) is 77.0 Å². The highest BCUT2D eigenvalue weighted by atomic mass is 16.5. The van der Waals surface area contributed by atoms with Gasteiger partial charge in [0.05, 0.1) is 12.7 Å². The number of hydrogen-bond acceptors (Lipinski definition) is 4. The lowest BCUT2D eigenvalue weighted by atomic mass is 9.62. The molecule has 0 aromatic rings. The fourth-order valence-electron chi connectivity index (χ4n) is 6.45. The number of esters is 1. The summed E-state index contributed by atoms with van der Waals surface area (Å²) in [5, 5.41) is 6.49. The number of methoxy groups -OCH3 is 1. The maximum atomic E-state index is 12.3. The van der Waals surface area contributed by atoms with E-state index in [4.69, 9.17) is 4.74 Å².